The van der Waals surface area contributed by atoms with Gasteiger partial charge in [0.15, 0.2) is 6.29 Å². The van der Waals surface area contributed by atoms with Crippen LogP contribution in [-0.2, 0) is 6.42 Å². The Morgan fingerprint density at radius 1 is 1.09 bits per heavy atom. The molecule has 0 spiro atoms. The molecule has 0 aliphatic rings. The SMILES string of the molecule is Cc1ccn2c(C=O)c(-c3ccc(CC(C)C)cc3)cc2c1. The van der Waals surface area contributed by atoms with Crippen LogP contribution >= 0.6 is 0 Å². The summed E-state index contributed by atoms with van der Waals surface area (Å²) in [4.78, 5) is 11.6. The molecule has 0 amide bonds. The standard InChI is InChI=1S/C20H21NO/c1-14(2)10-16-4-6-17(7-5-16)19-12-18-11-15(3)8-9-21(18)20(19)13-22/h4-9,11-14H,10H2,1-3H3. The van der Waals surface area contributed by atoms with E-state index in [1.165, 1.54) is 11.1 Å². The van der Waals surface area contributed by atoms with Gasteiger partial charge in [0.1, 0.15) is 0 Å². The number of benzene rings is 1. The lowest BCUT2D eigenvalue weighted by Gasteiger charge is -2.06. The van der Waals surface area contributed by atoms with Gasteiger partial charge in [0.25, 0.3) is 0 Å². The van der Waals surface area contributed by atoms with Crippen LogP contribution in [0.1, 0.15) is 35.5 Å². The van der Waals surface area contributed by atoms with E-state index in [0.29, 0.717) is 11.6 Å². The molecule has 2 heteroatoms. The lowest BCUT2D eigenvalue weighted by atomic mass is 9.99. The lowest BCUT2D eigenvalue weighted by molar-refractivity contribution is 0.111. The summed E-state index contributed by atoms with van der Waals surface area (Å²) in [7, 11) is 0. The zero-order chi connectivity index (χ0) is 15.7. The summed E-state index contributed by atoms with van der Waals surface area (Å²) in [5.41, 5.74) is 6.40. The number of hydrogen-bond acceptors (Lipinski definition) is 1. The van der Waals surface area contributed by atoms with Crippen molar-refractivity contribution in [2.24, 2.45) is 5.92 Å². The maximum atomic E-state index is 11.6. The minimum absolute atomic E-state index is 0.649. The molecule has 3 rings (SSSR count). The summed E-state index contributed by atoms with van der Waals surface area (Å²) in [5.74, 6) is 0.649. The van der Waals surface area contributed by atoms with Crippen molar-refractivity contribution < 1.29 is 4.79 Å². The largest absolute Gasteiger partial charge is 0.314 e. The summed E-state index contributed by atoms with van der Waals surface area (Å²) in [6, 6.07) is 14.8. The van der Waals surface area contributed by atoms with Gasteiger partial charge < -0.3 is 4.40 Å². The predicted molar refractivity (Wildman–Crippen MR) is 91.5 cm³/mol. The Hall–Kier alpha value is -2.35. The van der Waals surface area contributed by atoms with Gasteiger partial charge in [0, 0.05) is 17.3 Å². The van der Waals surface area contributed by atoms with E-state index in [1.54, 1.807) is 0 Å². The van der Waals surface area contributed by atoms with E-state index in [9.17, 15) is 4.79 Å². The van der Waals surface area contributed by atoms with Crippen LogP contribution in [0.5, 0.6) is 0 Å². The van der Waals surface area contributed by atoms with Crippen molar-refractivity contribution >= 4 is 11.8 Å². The van der Waals surface area contributed by atoms with Crippen molar-refractivity contribution in [3.63, 3.8) is 0 Å². The zero-order valence-corrected chi connectivity index (χ0v) is 13.3. The second-order valence-corrected chi connectivity index (χ2v) is 6.35. The highest BCUT2D eigenvalue weighted by atomic mass is 16.1. The Labute approximate surface area is 131 Å². The molecule has 2 nitrogen and oxygen atoms in total. The Balaban J connectivity index is 2.07. The molecule has 0 atom stereocenters. The fourth-order valence-electron chi connectivity index (χ4n) is 2.95. The molecule has 3 aromatic rings. The normalized spacial score (nSPS) is 11.3. The molecule has 0 fully saturated rings. The van der Waals surface area contributed by atoms with Gasteiger partial charge in [0.05, 0.1) is 5.69 Å². The first-order valence-corrected chi connectivity index (χ1v) is 7.74. The van der Waals surface area contributed by atoms with Crippen LogP contribution < -0.4 is 0 Å². The minimum Gasteiger partial charge on any atom is -0.314 e. The van der Waals surface area contributed by atoms with E-state index in [-0.39, 0.29) is 0 Å². The van der Waals surface area contributed by atoms with E-state index in [1.807, 2.05) is 16.7 Å². The summed E-state index contributed by atoms with van der Waals surface area (Å²) in [5, 5.41) is 0. The average molecular weight is 291 g/mol. The number of aryl methyl sites for hydroxylation is 1. The van der Waals surface area contributed by atoms with Gasteiger partial charge in [-0.25, -0.2) is 0 Å². The minimum atomic E-state index is 0.649. The van der Waals surface area contributed by atoms with Gasteiger partial charge in [-0.1, -0.05) is 38.1 Å². The first-order chi connectivity index (χ1) is 10.6. The molecular formula is C20H21NO. The summed E-state index contributed by atoms with van der Waals surface area (Å²) in [6.45, 7) is 6.51. The van der Waals surface area contributed by atoms with Crippen LogP contribution in [0.2, 0.25) is 0 Å². The first kappa shape index (κ1) is 14.6. The molecule has 0 saturated carbocycles. The maximum absolute atomic E-state index is 11.6. The van der Waals surface area contributed by atoms with Crippen molar-refractivity contribution in [1.29, 1.82) is 0 Å². The number of carbonyl (C=O) groups excluding carboxylic acids is 1. The van der Waals surface area contributed by atoms with E-state index < -0.39 is 0 Å². The zero-order valence-electron chi connectivity index (χ0n) is 13.3. The molecule has 0 unspecified atom stereocenters. The van der Waals surface area contributed by atoms with Crippen LogP contribution in [0.3, 0.4) is 0 Å². The smallest absolute Gasteiger partial charge is 0.167 e. The number of nitrogens with zero attached hydrogens (tertiary/aromatic N) is 1. The summed E-state index contributed by atoms with van der Waals surface area (Å²) in [6.07, 6.45) is 3.99. The lowest BCUT2D eigenvalue weighted by Crippen LogP contribution is -1.94. The van der Waals surface area contributed by atoms with Crippen molar-refractivity contribution in [2.45, 2.75) is 27.2 Å². The molecule has 2 aromatic heterocycles. The predicted octanol–water partition coefficient (Wildman–Crippen LogP) is 4.93. The van der Waals surface area contributed by atoms with E-state index in [0.717, 1.165) is 29.4 Å². The van der Waals surface area contributed by atoms with Crippen molar-refractivity contribution in [2.75, 3.05) is 0 Å². The van der Waals surface area contributed by atoms with Gasteiger partial charge in [-0.05, 0) is 54.2 Å². The quantitative estimate of drug-likeness (QED) is 0.625. The number of rotatable bonds is 4. The Kier molecular flexibility index (Phi) is 3.84. The van der Waals surface area contributed by atoms with E-state index in [4.69, 9.17) is 0 Å². The fourth-order valence-corrected chi connectivity index (χ4v) is 2.95. The Bertz CT molecular complexity index is 810. The van der Waals surface area contributed by atoms with Crippen molar-refractivity contribution in [3.8, 4) is 11.1 Å². The highest BCUT2D eigenvalue weighted by molar-refractivity contribution is 5.89. The molecular weight excluding hydrogens is 270 g/mol. The number of hydrogen-bond donors (Lipinski definition) is 0. The third kappa shape index (κ3) is 2.69. The van der Waals surface area contributed by atoms with E-state index >= 15 is 0 Å². The Morgan fingerprint density at radius 3 is 2.45 bits per heavy atom. The maximum Gasteiger partial charge on any atom is 0.167 e. The highest BCUT2D eigenvalue weighted by Gasteiger charge is 2.11. The van der Waals surface area contributed by atoms with Crippen LogP contribution in [0, 0.1) is 12.8 Å². The summed E-state index contributed by atoms with van der Waals surface area (Å²) < 4.78 is 1.96. The van der Waals surface area contributed by atoms with Gasteiger partial charge in [-0.3, -0.25) is 4.79 Å². The fraction of sp³-hybridized carbons (Fsp3) is 0.250. The van der Waals surface area contributed by atoms with Crippen LogP contribution in [0.25, 0.3) is 16.6 Å². The number of aldehydes is 1. The molecule has 0 N–H and O–H groups in total. The molecule has 0 aliphatic carbocycles. The van der Waals surface area contributed by atoms with Crippen LogP contribution in [0.4, 0.5) is 0 Å². The first-order valence-electron chi connectivity index (χ1n) is 7.74. The van der Waals surface area contributed by atoms with Crippen molar-refractivity contribution in [1.82, 2.24) is 4.40 Å². The molecule has 2 heterocycles. The van der Waals surface area contributed by atoms with Gasteiger partial charge in [-0.2, -0.15) is 0 Å². The summed E-state index contributed by atoms with van der Waals surface area (Å²) >= 11 is 0. The van der Waals surface area contributed by atoms with E-state index in [2.05, 4.69) is 57.2 Å². The Morgan fingerprint density at radius 2 is 1.82 bits per heavy atom. The number of fused-ring (bicyclic) bond motifs is 1. The van der Waals surface area contributed by atoms with Crippen molar-refractivity contribution in [3.05, 3.63) is 65.5 Å². The topological polar surface area (TPSA) is 21.5 Å². The average Bonchev–Trinajstić information content (AvgIpc) is 2.84. The molecule has 0 radical (unpaired) electrons. The highest BCUT2D eigenvalue weighted by Crippen LogP contribution is 2.28. The second kappa shape index (κ2) is 5.80. The molecule has 0 aliphatic heterocycles. The molecule has 1 aromatic carbocycles. The third-order valence-electron chi connectivity index (χ3n) is 3.99. The van der Waals surface area contributed by atoms with Gasteiger partial charge in [-0.15, -0.1) is 0 Å². The number of carbonyl (C=O) groups is 1. The molecule has 22 heavy (non-hydrogen) atoms. The number of pyridine rings is 1. The molecule has 0 saturated heterocycles. The number of aromatic nitrogens is 1. The molecule has 112 valence electrons. The van der Waals surface area contributed by atoms with Crippen LogP contribution in [-0.4, -0.2) is 10.7 Å². The van der Waals surface area contributed by atoms with Gasteiger partial charge in [0.2, 0.25) is 0 Å². The third-order valence-corrected chi connectivity index (χ3v) is 3.99. The molecule has 0 bridgehead atoms. The second-order valence-electron chi connectivity index (χ2n) is 6.35. The van der Waals surface area contributed by atoms with Crippen LogP contribution in [0.15, 0.2) is 48.7 Å². The van der Waals surface area contributed by atoms with Gasteiger partial charge >= 0.3 is 0 Å². The monoisotopic (exact) mass is 291 g/mol.